The van der Waals surface area contributed by atoms with Gasteiger partial charge in [0.15, 0.2) is 9.84 Å². The van der Waals surface area contributed by atoms with Gasteiger partial charge in [0, 0.05) is 32.3 Å². The molecule has 2 saturated heterocycles. The van der Waals surface area contributed by atoms with Crippen molar-refractivity contribution in [2.24, 2.45) is 11.3 Å². The van der Waals surface area contributed by atoms with Crippen LogP contribution in [0.5, 0.6) is 0 Å². The lowest BCUT2D eigenvalue weighted by Crippen LogP contribution is -2.52. The van der Waals surface area contributed by atoms with Gasteiger partial charge >= 0.3 is 6.03 Å². The van der Waals surface area contributed by atoms with Crippen molar-refractivity contribution < 1.29 is 17.9 Å². The first kappa shape index (κ1) is 17.0. The van der Waals surface area contributed by atoms with E-state index in [2.05, 4.69) is 5.32 Å². The van der Waals surface area contributed by atoms with Crippen LogP contribution in [0.3, 0.4) is 0 Å². The highest BCUT2D eigenvalue weighted by atomic mass is 32.2. The SMILES string of the molecule is C[C@H]1CN(C(=O)N[C@H]2CCCC23CCOCC3)CCS(=O)(=O)C1. The minimum Gasteiger partial charge on any atom is -0.381 e. The predicted molar refractivity (Wildman–Crippen MR) is 88.0 cm³/mol. The summed E-state index contributed by atoms with van der Waals surface area (Å²) in [6.07, 6.45) is 5.36. The van der Waals surface area contributed by atoms with E-state index >= 15 is 0 Å². The largest absolute Gasteiger partial charge is 0.381 e. The Hall–Kier alpha value is -0.820. The van der Waals surface area contributed by atoms with Gasteiger partial charge < -0.3 is 15.0 Å². The van der Waals surface area contributed by atoms with E-state index in [0.717, 1.165) is 45.3 Å². The van der Waals surface area contributed by atoms with Crippen molar-refractivity contribution in [1.82, 2.24) is 10.2 Å². The molecule has 23 heavy (non-hydrogen) atoms. The van der Waals surface area contributed by atoms with Crippen molar-refractivity contribution in [1.29, 1.82) is 0 Å². The Morgan fingerprint density at radius 3 is 2.74 bits per heavy atom. The minimum atomic E-state index is -3.03. The summed E-state index contributed by atoms with van der Waals surface area (Å²) in [5, 5.41) is 3.22. The number of rotatable bonds is 1. The van der Waals surface area contributed by atoms with Crippen LogP contribution < -0.4 is 5.32 Å². The van der Waals surface area contributed by atoms with Crippen LogP contribution in [0.15, 0.2) is 0 Å². The summed E-state index contributed by atoms with van der Waals surface area (Å²) in [6.45, 7) is 4.30. The molecule has 6 nitrogen and oxygen atoms in total. The Bertz CT molecular complexity index is 542. The summed E-state index contributed by atoms with van der Waals surface area (Å²) >= 11 is 0. The van der Waals surface area contributed by atoms with Gasteiger partial charge in [-0.25, -0.2) is 13.2 Å². The van der Waals surface area contributed by atoms with Crippen LogP contribution in [0.1, 0.15) is 39.0 Å². The van der Waals surface area contributed by atoms with Gasteiger partial charge in [-0.15, -0.1) is 0 Å². The fourth-order valence-electron chi connectivity index (χ4n) is 4.45. The van der Waals surface area contributed by atoms with Crippen molar-refractivity contribution in [2.45, 2.75) is 45.1 Å². The van der Waals surface area contributed by atoms with E-state index in [-0.39, 0.29) is 34.9 Å². The zero-order chi connectivity index (χ0) is 16.5. The molecule has 1 aliphatic carbocycles. The van der Waals surface area contributed by atoms with Crippen molar-refractivity contribution >= 4 is 15.9 Å². The molecule has 2 heterocycles. The first-order valence-corrected chi connectivity index (χ1v) is 10.6. The Labute approximate surface area is 138 Å². The summed E-state index contributed by atoms with van der Waals surface area (Å²) in [6, 6.07) is 0.112. The molecule has 2 aliphatic heterocycles. The minimum absolute atomic E-state index is 0.00568. The van der Waals surface area contributed by atoms with Crippen LogP contribution in [0.25, 0.3) is 0 Å². The molecule has 3 fully saturated rings. The second-order valence-corrected chi connectivity index (χ2v) is 9.76. The average Bonchev–Trinajstić information content (AvgIpc) is 2.78. The Kier molecular flexibility index (Phi) is 4.88. The molecule has 1 spiro atoms. The number of hydrogen-bond acceptors (Lipinski definition) is 4. The first-order valence-electron chi connectivity index (χ1n) is 8.74. The molecule has 0 bridgehead atoms. The Morgan fingerprint density at radius 2 is 2.00 bits per heavy atom. The molecule has 1 saturated carbocycles. The molecule has 3 rings (SSSR count). The number of nitrogens with one attached hydrogen (secondary N) is 1. The van der Waals surface area contributed by atoms with Crippen LogP contribution in [-0.4, -0.2) is 63.2 Å². The van der Waals surface area contributed by atoms with E-state index in [0.29, 0.717) is 13.1 Å². The molecule has 3 aliphatic rings. The molecule has 0 aromatic heterocycles. The molecular formula is C16H28N2O4S. The van der Waals surface area contributed by atoms with E-state index in [1.54, 1.807) is 4.90 Å². The maximum atomic E-state index is 12.7. The van der Waals surface area contributed by atoms with E-state index < -0.39 is 9.84 Å². The predicted octanol–water partition coefficient (Wildman–Crippen LogP) is 1.41. The van der Waals surface area contributed by atoms with Gasteiger partial charge in [0.2, 0.25) is 0 Å². The van der Waals surface area contributed by atoms with Gasteiger partial charge in [0.1, 0.15) is 0 Å². The lowest BCUT2D eigenvalue weighted by molar-refractivity contribution is 0.00543. The van der Waals surface area contributed by atoms with Crippen LogP contribution >= 0.6 is 0 Å². The molecular weight excluding hydrogens is 316 g/mol. The smallest absolute Gasteiger partial charge is 0.317 e. The molecule has 2 atom stereocenters. The second-order valence-electron chi connectivity index (χ2n) is 7.53. The van der Waals surface area contributed by atoms with Gasteiger partial charge in [-0.05, 0) is 37.0 Å². The van der Waals surface area contributed by atoms with Crippen LogP contribution in [0, 0.1) is 11.3 Å². The monoisotopic (exact) mass is 344 g/mol. The van der Waals surface area contributed by atoms with Crippen molar-refractivity contribution in [2.75, 3.05) is 37.8 Å². The standard InChI is InChI=1S/C16H28N2O4S/c1-13-11-18(7-10-23(20,21)12-13)15(19)17-14-3-2-4-16(14)5-8-22-9-6-16/h13-14H,2-12H2,1H3,(H,17,19)/t13-,14-/m0/s1. The maximum absolute atomic E-state index is 12.7. The van der Waals surface area contributed by atoms with Gasteiger partial charge in [-0.3, -0.25) is 0 Å². The number of urea groups is 1. The summed E-state index contributed by atoms with van der Waals surface area (Å²) in [7, 11) is -3.03. The summed E-state index contributed by atoms with van der Waals surface area (Å²) < 4.78 is 29.2. The fourth-order valence-corrected chi connectivity index (χ4v) is 6.09. The highest BCUT2D eigenvalue weighted by Gasteiger charge is 2.45. The number of hydrogen-bond donors (Lipinski definition) is 1. The van der Waals surface area contributed by atoms with Crippen molar-refractivity contribution in [3.05, 3.63) is 0 Å². The zero-order valence-electron chi connectivity index (χ0n) is 13.9. The van der Waals surface area contributed by atoms with E-state index in [1.165, 1.54) is 0 Å². The highest BCUT2D eigenvalue weighted by Crippen LogP contribution is 2.46. The van der Waals surface area contributed by atoms with Crippen LogP contribution in [-0.2, 0) is 14.6 Å². The molecule has 0 unspecified atom stereocenters. The molecule has 132 valence electrons. The molecule has 7 heteroatoms. The topological polar surface area (TPSA) is 75.7 Å². The highest BCUT2D eigenvalue weighted by molar-refractivity contribution is 7.91. The molecule has 2 amide bonds. The lowest BCUT2D eigenvalue weighted by atomic mass is 9.75. The average molecular weight is 344 g/mol. The number of amides is 2. The van der Waals surface area contributed by atoms with E-state index in [4.69, 9.17) is 4.74 Å². The van der Waals surface area contributed by atoms with E-state index in [9.17, 15) is 13.2 Å². The maximum Gasteiger partial charge on any atom is 0.317 e. The van der Waals surface area contributed by atoms with E-state index in [1.807, 2.05) is 6.92 Å². The Balaban J connectivity index is 1.64. The van der Waals surface area contributed by atoms with Gasteiger partial charge in [0.05, 0.1) is 11.5 Å². The van der Waals surface area contributed by atoms with Crippen LogP contribution in [0.2, 0.25) is 0 Å². The molecule has 0 radical (unpaired) electrons. The van der Waals surface area contributed by atoms with Crippen molar-refractivity contribution in [3.8, 4) is 0 Å². The summed E-state index contributed by atoms with van der Waals surface area (Å²) in [5.41, 5.74) is 0.192. The molecule has 0 aromatic rings. The summed E-state index contributed by atoms with van der Waals surface area (Å²) in [5.74, 6) is 0.254. The second kappa shape index (κ2) is 6.59. The number of nitrogens with zero attached hydrogens (tertiary/aromatic N) is 1. The Morgan fingerprint density at radius 1 is 1.26 bits per heavy atom. The number of carbonyl (C=O) groups excluding carboxylic acids is 1. The summed E-state index contributed by atoms with van der Waals surface area (Å²) in [4.78, 5) is 14.4. The fraction of sp³-hybridized carbons (Fsp3) is 0.938. The number of carbonyl (C=O) groups is 1. The first-order chi connectivity index (χ1) is 10.9. The quantitative estimate of drug-likeness (QED) is 0.780. The van der Waals surface area contributed by atoms with Gasteiger partial charge in [-0.1, -0.05) is 13.3 Å². The van der Waals surface area contributed by atoms with Gasteiger partial charge in [0.25, 0.3) is 0 Å². The lowest BCUT2D eigenvalue weighted by Gasteiger charge is -2.40. The third-order valence-corrected chi connectivity index (χ3v) is 7.60. The van der Waals surface area contributed by atoms with Crippen molar-refractivity contribution in [3.63, 3.8) is 0 Å². The van der Waals surface area contributed by atoms with Gasteiger partial charge in [-0.2, -0.15) is 0 Å². The normalized spacial score (nSPS) is 33.3. The third-order valence-electron chi connectivity index (χ3n) is 5.72. The van der Waals surface area contributed by atoms with Crippen LogP contribution in [0.4, 0.5) is 4.79 Å². The number of ether oxygens (including phenoxy) is 1. The molecule has 0 aromatic carbocycles. The zero-order valence-corrected chi connectivity index (χ0v) is 14.7. The number of sulfone groups is 1. The molecule has 1 N–H and O–H groups in total. The third kappa shape index (κ3) is 3.82.